The van der Waals surface area contributed by atoms with Crippen LogP contribution in [0.5, 0.6) is 0 Å². The maximum atomic E-state index is 13.2. The molecule has 0 amide bonds. The van der Waals surface area contributed by atoms with Gasteiger partial charge < -0.3 is 19.9 Å². The number of nitro groups is 1. The monoisotopic (exact) mass is 478 g/mol. The molecule has 0 saturated heterocycles. The van der Waals surface area contributed by atoms with E-state index in [9.17, 15) is 24.8 Å². The summed E-state index contributed by atoms with van der Waals surface area (Å²) >= 11 is 0. The van der Waals surface area contributed by atoms with Crippen LogP contribution in [0.25, 0.3) is 0 Å². The largest absolute Gasteiger partial charge is 0.466 e. The number of ether oxygens (including phenoxy) is 2. The van der Waals surface area contributed by atoms with Gasteiger partial charge in [0.25, 0.3) is 5.69 Å². The van der Waals surface area contributed by atoms with Gasteiger partial charge in [-0.3, -0.25) is 10.1 Å². The second kappa shape index (κ2) is 11.3. The highest BCUT2D eigenvalue weighted by Crippen LogP contribution is 2.40. The normalized spacial score (nSPS) is 16.6. The SMILES string of the molecule is CCOC(=O)C1=C(C=CC(O)c2ccccc2)NC(C)=C(C(=O)OC)C1c1cccc([N+](=O)[O-])c1. The number of methoxy groups -OCH3 is 1. The maximum absolute atomic E-state index is 13.2. The summed E-state index contributed by atoms with van der Waals surface area (Å²) in [6.07, 6.45) is 2.07. The van der Waals surface area contributed by atoms with Gasteiger partial charge in [0.05, 0.1) is 41.8 Å². The van der Waals surface area contributed by atoms with Crippen molar-refractivity contribution in [3.05, 3.63) is 111 Å². The molecule has 2 atom stereocenters. The van der Waals surface area contributed by atoms with Gasteiger partial charge in [-0.05, 0) is 37.1 Å². The molecule has 2 aromatic carbocycles. The molecule has 182 valence electrons. The zero-order valence-corrected chi connectivity index (χ0v) is 19.6. The fourth-order valence-corrected chi connectivity index (χ4v) is 3.90. The molecule has 9 heteroatoms. The first-order valence-corrected chi connectivity index (χ1v) is 10.9. The maximum Gasteiger partial charge on any atom is 0.337 e. The van der Waals surface area contributed by atoms with Gasteiger partial charge in [-0.2, -0.15) is 0 Å². The summed E-state index contributed by atoms with van der Waals surface area (Å²) < 4.78 is 10.3. The van der Waals surface area contributed by atoms with Crippen LogP contribution in [-0.2, 0) is 19.1 Å². The second-order valence-electron chi connectivity index (χ2n) is 7.70. The number of nitrogens with zero attached hydrogens (tertiary/aromatic N) is 1. The molecule has 9 nitrogen and oxygen atoms in total. The molecule has 35 heavy (non-hydrogen) atoms. The third-order valence-corrected chi connectivity index (χ3v) is 5.49. The summed E-state index contributed by atoms with van der Waals surface area (Å²) in [4.78, 5) is 36.8. The van der Waals surface area contributed by atoms with Gasteiger partial charge in [-0.1, -0.05) is 42.5 Å². The van der Waals surface area contributed by atoms with Crippen molar-refractivity contribution < 1.29 is 29.1 Å². The lowest BCUT2D eigenvalue weighted by Gasteiger charge is -2.30. The molecule has 0 spiro atoms. The van der Waals surface area contributed by atoms with Crippen molar-refractivity contribution in [1.29, 1.82) is 0 Å². The predicted octanol–water partition coefficient (Wildman–Crippen LogP) is 3.84. The van der Waals surface area contributed by atoms with E-state index < -0.39 is 28.9 Å². The van der Waals surface area contributed by atoms with Gasteiger partial charge in [0, 0.05) is 23.5 Å². The molecule has 0 radical (unpaired) electrons. The van der Waals surface area contributed by atoms with Gasteiger partial charge in [0.1, 0.15) is 0 Å². The number of benzene rings is 2. The number of carbonyl (C=O) groups is 2. The minimum Gasteiger partial charge on any atom is -0.466 e. The van der Waals surface area contributed by atoms with Crippen LogP contribution in [0.1, 0.15) is 37.0 Å². The van der Waals surface area contributed by atoms with E-state index in [4.69, 9.17) is 9.47 Å². The Hall–Kier alpha value is -4.24. The minimum atomic E-state index is -1.00. The average molecular weight is 479 g/mol. The molecule has 0 bridgehead atoms. The molecule has 0 aliphatic carbocycles. The Morgan fingerprint density at radius 2 is 1.86 bits per heavy atom. The second-order valence-corrected chi connectivity index (χ2v) is 7.70. The number of aliphatic hydroxyl groups excluding tert-OH is 1. The average Bonchev–Trinajstić information content (AvgIpc) is 2.86. The van der Waals surface area contributed by atoms with E-state index in [1.54, 1.807) is 44.2 Å². The quantitative estimate of drug-likeness (QED) is 0.333. The number of allylic oxidation sites excluding steroid dienone is 2. The van der Waals surface area contributed by atoms with Gasteiger partial charge in [-0.15, -0.1) is 0 Å². The number of hydrogen-bond donors (Lipinski definition) is 2. The fourth-order valence-electron chi connectivity index (χ4n) is 3.90. The summed E-state index contributed by atoms with van der Waals surface area (Å²) in [7, 11) is 1.21. The Morgan fingerprint density at radius 1 is 1.14 bits per heavy atom. The van der Waals surface area contributed by atoms with Crippen molar-refractivity contribution in [3.8, 4) is 0 Å². The number of non-ortho nitro benzene ring substituents is 1. The fraction of sp³-hybridized carbons (Fsp3) is 0.231. The molecule has 3 rings (SSSR count). The summed E-state index contributed by atoms with van der Waals surface area (Å²) in [5.41, 5.74) is 1.68. The Kier molecular flexibility index (Phi) is 8.17. The minimum absolute atomic E-state index is 0.0647. The molecule has 1 aliphatic rings. The number of nitro benzene ring substituents is 1. The van der Waals surface area contributed by atoms with Crippen LogP contribution in [0.2, 0.25) is 0 Å². The van der Waals surface area contributed by atoms with E-state index in [1.807, 2.05) is 6.07 Å². The van der Waals surface area contributed by atoms with Crippen LogP contribution < -0.4 is 5.32 Å². The third kappa shape index (κ3) is 5.64. The van der Waals surface area contributed by atoms with Crippen LogP contribution in [0.15, 0.2) is 89.3 Å². The Labute approximate surface area is 202 Å². The van der Waals surface area contributed by atoms with Crippen LogP contribution in [-0.4, -0.2) is 35.7 Å². The smallest absolute Gasteiger partial charge is 0.337 e. The number of hydrogen-bond acceptors (Lipinski definition) is 8. The Bertz CT molecular complexity index is 1220. The molecule has 0 aromatic heterocycles. The third-order valence-electron chi connectivity index (χ3n) is 5.49. The molecule has 2 N–H and O–H groups in total. The molecular formula is C26H26N2O7. The molecule has 0 fully saturated rings. The van der Waals surface area contributed by atoms with Crippen LogP contribution in [0.3, 0.4) is 0 Å². The highest BCUT2D eigenvalue weighted by molar-refractivity contribution is 6.00. The molecule has 2 aromatic rings. The van der Waals surface area contributed by atoms with E-state index >= 15 is 0 Å². The van der Waals surface area contributed by atoms with Crippen LogP contribution in [0.4, 0.5) is 5.69 Å². The van der Waals surface area contributed by atoms with Crippen molar-refractivity contribution in [2.45, 2.75) is 25.9 Å². The topological polar surface area (TPSA) is 128 Å². The number of nitrogens with one attached hydrogen (secondary N) is 1. The number of aliphatic hydroxyl groups is 1. The summed E-state index contributed by atoms with van der Waals surface area (Å²) in [5, 5.41) is 25.0. The summed E-state index contributed by atoms with van der Waals surface area (Å²) in [5.74, 6) is -2.41. The van der Waals surface area contributed by atoms with E-state index in [0.29, 0.717) is 22.5 Å². The zero-order valence-electron chi connectivity index (χ0n) is 19.6. The van der Waals surface area contributed by atoms with Gasteiger partial charge in [0.15, 0.2) is 0 Å². The van der Waals surface area contributed by atoms with Crippen molar-refractivity contribution in [2.75, 3.05) is 13.7 Å². The molecular weight excluding hydrogens is 452 g/mol. The first kappa shape index (κ1) is 25.4. The van der Waals surface area contributed by atoms with Crippen molar-refractivity contribution >= 4 is 17.6 Å². The Morgan fingerprint density at radius 3 is 2.49 bits per heavy atom. The summed E-state index contributed by atoms with van der Waals surface area (Å²) in [6, 6.07) is 14.7. The lowest BCUT2D eigenvalue weighted by molar-refractivity contribution is -0.384. The van der Waals surface area contributed by atoms with Gasteiger partial charge in [0.2, 0.25) is 0 Å². The van der Waals surface area contributed by atoms with Crippen molar-refractivity contribution in [1.82, 2.24) is 5.32 Å². The van der Waals surface area contributed by atoms with Crippen molar-refractivity contribution in [3.63, 3.8) is 0 Å². The molecule has 2 unspecified atom stereocenters. The van der Waals surface area contributed by atoms with E-state index in [-0.39, 0.29) is 23.4 Å². The number of dihydropyridines is 1. The van der Waals surface area contributed by atoms with E-state index in [2.05, 4.69) is 5.32 Å². The van der Waals surface area contributed by atoms with Crippen molar-refractivity contribution in [2.24, 2.45) is 0 Å². The highest BCUT2D eigenvalue weighted by Gasteiger charge is 2.38. The van der Waals surface area contributed by atoms with E-state index in [1.165, 1.54) is 37.5 Å². The lowest BCUT2D eigenvalue weighted by Crippen LogP contribution is -2.32. The van der Waals surface area contributed by atoms with Crippen LogP contribution >= 0.6 is 0 Å². The first-order chi connectivity index (χ1) is 16.8. The highest BCUT2D eigenvalue weighted by atomic mass is 16.6. The Balaban J connectivity index is 2.20. The number of carbonyl (C=O) groups excluding carboxylic acids is 2. The molecule has 1 heterocycles. The summed E-state index contributed by atoms with van der Waals surface area (Å²) in [6.45, 7) is 3.36. The number of esters is 2. The van der Waals surface area contributed by atoms with Gasteiger partial charge in [-0.25, -0.2) is 9.59 Å². The predicted molar refractivity (Wildman–Crippen MR) is 128 cm³/mol. The number of rotatable bonds is 8. The van der Waals surface area contributed by atoms with Crippen LogP contribution in [0, 0.1) is 10.1 Å². The van der Waals surface area contributed by atoms with E-state index in [0.717, 1.165) is 0 Å². The zero-order chi connectivity index (χ0) is 25.5. The van der Waals surface area contributed by atoms with Gasteiger partial charge >= 0.3 is 11.9 Å². The first-order valence-electron chi connectivity index (χ1n) is 10.9. The molecule has 0 saturated carbocycles. The standard InChI is InChI=1S/C26H26N2O7/c1-4-35-26(31)24-20(13-14-21(29)17-9-6-5-7-10-17)27-16(2)22(25(30)34-3)23(24)18-11-8-12-19(15-18)28(32)33/h5-15,21,23,27,29H,4H2,1-3H3. The lowest BCUT2D eigenvalue weighted by atomic mass is 9.80. The molecule has 1 aliphatic heterocycles.